The highest BCUT2D eigenvalue weighted by atomic mass is 15.1. The van der Waals surface area contributed by atoms with E-state index in [4.69, 9.17) is 5.73 Å². The fourth-order valence-corrected chi connectivity index (χ4v) is 3.69. The lowest BCUT2D eigenvalue weighted by molar-refractivity contribution is 0.590. The minimum Gasteiger partial charge on any atom is -0.399 e. The first-order chi connectivity index (χ1) is 14.4. The highest BCUT2D eigenvalue weighted by molar-refractivity contribution is 5.88. The minimum atomic E-state index is 0.118. The quantitative estimate of drug-likeness (QED) is 0.360. The number of nitrogen functional groups attached to an aromatic ring is 1. The van der Waals surface area contributed by atoms with Crippen molar-refractivity contribution in [1.29, 1.82) is 0 Å². The van der Waals surface area contributed by atoms with Crippen LogP contribution in [-0.2, 0) is 5.41 Å². The van der Waals surface area contributed by atoms with E-state index in [9.17, 15) is 0 Å². The molecule has 4 aromatic rings. The van der Waals surface area contributed by atoms with E-state index >= 15 is 0 Å². The summed E-state index contributed by atoms with van der Waals surface area (Å²) in [4.78, 5) is 2.30. The third-order valence-corrected chi connectivity index (χ3v) is 5.37. The largest absolute Gasteiger partial charge is 0.399 e. The molecule has 2 nitrogen and oxygen atoms in total. The zero-order chi connectivity index (χ0) is 21.1. The molecule has 0 spiro atoms. The molecule has 4 rings (SSSR count). The van der Waals surface area contributed by atoms with Crippen molar-refractivity contribution in [3.8, 4) is 11.1 Å². The first-order valence-corrected chi connectivity index (χ1v) is 10.3. The van der Waals surface area contributed by atoms with Crippen molar-refractivity contribution < 1.29 is 0 Å². The van der Waals surface area contributed by atoms with Crippen molar-refractivity contribution in [2.75, 3.05) is 10.6 Å². The van der Waals surface area contributed by atoms with Gasteiger partial charge in [-0.25, -0.2) is 0 Å². The standard InChI is InChI=1S/C28H28N2/c1-28(2,3)22-13-17-24(18-14-22)30(25-19-15-23(29)16-20-25)27-12-8-7-11-26(27)21-9-5-4-6-10-21/h4-20H,29H2,1-3H3. The fourth-order valence-electron chi connectivity index (χ4n) is 3.69. The molecule has 0 aliphatic rings. The van der Waals surface area contributed by atoms with E-state index in [2.05, 4.69) is 117 Å². The van der Waals surface area contributed by atoms with Crippen LogP contribution < -0.4 is 10.6 Å². The van der Waals surface area contributed by atoms with Crippen LogP contribution in [0.1, 0.15) is 26.3 Å². The van der Waals surface area contributed by atoms with E-state index in [0.29, 0.717) is 0 Å². The number of benzene rings is 4. The predicted molar refractivity (Wildman–Crippen MR) is 130 cm³/mol. The lowest BCUT2D eigenvalue weighted by atomic mass is 9.87. The maximum atomic E-state index is 5.97. The molecule has 0 amide bonds. The van der Waals surface area contributed by atoms with Gasteiger partial charge >= 0.3 is 0 Å². The molecule has 2 heteroatoms. The molecule has 0 radical (unpaired) electrons. The SMILES string of the molecule is CC(C)(C)c1ccc(N(c2ccc(N)cc2)c2ccccc2-c2ccccc2)cc1. The Labute approximate surface area is 179 Å². The maximum absolute atomic E-state index is 5.97. The molecule has 150 valence electrons. The number of anilines is 4. The first-order valence-electron chi connectivity index (χ1n) is 10.3. The van der Waals surface area contributed by atoms with Crippen molar-refractivity contribution in [1.82, 2.24) is 0 Å². The zero-order valence-corrected chi connectivity index (χ0v) is 17.8. The third kappa shape index (κ3) is 4.08. The summed E-state index contributed by atoms with van der Waals surface area (Å²) in [6, 6.07) is 36.0. The number of hydrogen-bond donors (Lipinski definition) is 1. The number of hydrogen-bond acceptors (Lipinski definition) is 2. The Hall–Kier alpha value is -3.52. The van der Waals surface area contributed by atoms with Gasteiger partial charge in [0, 0.05) is 22.6 Å². The summed E-state index contributed by atoms with van der Waals surface area (Å²) < 4.78 is 0. The molecule has 0 saturated heterocycles. The smallest absolute Gasteiger partial charge is 0.0540 e. The average molecular weight is 393 g/mol. The van der Waals surface area contributed by atoms with Crippen LogP contribution >= 0.6 is 0 Å². The topological polar surface area (TPSA) is 29.3 Å². The van der Waals surface area contributed by atoms with Crippen LogP contribution in [-0.4, -0.2) is 0 Å². The molecule has 0 bridgehead atoms. The van der Waals surface area contributed by atoms with Gasteiger partial charge in [0.15, 0.2) is 0 Å². The van der Waals surface area contributed by atoms with Crippen molar-refractivity contribution in [3.05, 3.63) is 109 Å². The van der Waals surface area contributed by atoms with E-state index in [1.807, 2.05) is 12.1 Å². The van der Waals surface area contributed by atoms with Crippen LogP contribution in [0.4, 0.5) is 22.7 Å². The van der Waals surface area contributed by atoms with Gasteiger partial charge in [0.2, 0.25) is 0 Å². The second kappa shape index (κ2) is 8.08. The van der Waals surface area contributed by atoms with E-state index in [-0.39, 0.29) is 5.41 Å². The number of nitrogens with two attached hydrogens (primary N) is 1. The highest BCUT2D eigenvalue weighted by Gasteiger charge is 2.18. The summed E-state index contributed by atoms with van der Waals surface area (Å²) in [5, 5.41) is 0. The van der Waals surface area contributed by atoms with Crippen LogP contribution in [0.15, 0.2) is 103 Å². The normalized spacial score (nSPS) is 11.3. The Morgan fingerprint density at radius 2 is 1.13 bits per heavy atom. The Balaban J connectivity index is 1.89. The zero-order valence-electron chi connectivity index (χ0n) is 17.8. The van der Waals surface area contributed by atoms with Gasteiger partial charge in [-0.1, -0.05) is 81.4 Å². The highest BCUT2D eigenvalue weighted by Crippen LogP contribution is 2.41. The molecule has 0 saturated carbocycles. The second-order valence-electron chi connectivity index (χ2n) is 8.61. The molecule has 4 aromatic carbocycles. The second-order valence-corrected chi connectivity index (χ2v) is 8.61. The summed E-state index contributed by atoms with van der Waals surface area (Å²) in [6.45, 7) is 6.72. The number of rotatable bonds is 4. The Kier molecular flexibility index (Phi) is 5.33. The maximum Gasteiger partial charge on any atom is 0.0540 e. The minimum absolute atomic E-state index is 0.118. The predicted octanol–water partition coefficient (Wildman–Crippen LogP) is 7.70. The molecule has 0 fully saturated rings. The van der Waals surface area contributed by atoms with Crippen molar-refractivity contribution in [2.45, 2.75) is 26.2 Å². The van der Waals surface area contributed by atoms with E-state index in [0.717, 1.165) is 22.7 Å². The molecular weight excluding hydrogens is 364 g/mol. The Morgan fingerprint density at radius 3 is 1.73 bits per heavy atom. The summed E-state index contributed by atoms with van der Waals surface area (Å²) in [6.07, 6.45) is 0. The molecule has 0 unspecified atom stereocenters. The van der Waals surface area contributed by atoms with Crippen LogP contribution in [0.3, 0.4) is 0 Å². The van der Waals surface area contributed by atoms with Gasteiger partial charge in [-0.15, -0.1) is 0 Å². The molecule has 2 N–H and O–H groups in total. The molecular formula is C28H28N2. The van der Waals surface area contributed by atoms with Gasteiger partial charge in [0.25, 0.3) is 0 Å². The van der Waals surface area contributed by atoms with Gasteiger partial charge < -0.3 is 10.6 Å². The van der Waals surface area contributed by atoms with Crippen LogP contribution in [0, 0.1) is 0 Å². The van der Waals surface area contributed by atoms with Crippen LogP contribution in [0.2, 0.25) is 0 Å². The molecule has 0 heterocycles. The van der Waals surface area contributed by atoms with Crippen molar-refractivity contribution in [3.63, 3.8) is 0 Å². The third-order valence-electron chi connectivity index (χ3n) is 5.37. The summed E-state index contributed by atoms with van der Waals surface area (Å²) >= 11 is 0. The molecule has 0 atom stereocenters. The van der Waals surface area contributed by atoms with Gasteiger partial charge in [-0.3, -0.25) is 0 Å². The fraction of sp³-hybridized carbons (Fsp3) is 0.143. The average Bonchev–Trinajstić information content (AvgIpc) is 2.76. The van der Waals surface area contributed by atoms with Crippen molar-refractivity contribution >= 4 is 22.7 Å². The van der Waals surface area contributed by atoms with E-state index in [1.165, 1.54) is 16.7 Å². The lowest BCUT2D eigenvalue weighted by Crippen LogP contribution is -2.13. The summed E-state index contributed by atoms with van der Waals surface area (Å²) in [7, 11) is 0. The molecule has 0 aliphatic carbocycles. The monoisotopic (exact) mass is 392 g/mol. The van der Waals surface area contributed by atoms with Crippen LogP contribution in [0.25, 0.3) is 11.1 Å². The number of para-hydroxylation sites is 1. The number of nitrogens with zero attached hydrogens (tertiary/aromatic N) is 1. The van der Waals surface area contributed by atoms with E-state index in [1.54, 1.807) is 0 Å². The van der Waals surface area contributed by atoms with Gasteiger partial charge in [-0.2, -0.15) is 0 Å². The Bertz CT molecular complexity index is 1110. The lowest BCUT2D eigenvalue weighted by Gasteiger charge is -2.29. The summed E-state index contributed by atoms with van der Waals surface area (Å²) in [5.74, 6) is 0. The first kappa shape index (κ1) is 19.8. The van der Waals surface area contributed by atoms with Crippen LogP contribution in [0.5, 0.6) is 0 Å². The van der Waals surface area contributed by atoms with Crippen molar-refractivity contribution in [2.24, 2.45) is 0 Å². The van der Waals surface area contributed by atoms with Gasteiger partial charge in [0.1, 0.15) is 0 Å². The molecule has 0 aliphatic heterocycles. The molecule has 0 aromatic heterocycles. The molecule has 30 heavy (non-hydrogen) atoms. The summed E-state index contributed by atoms with van der Waals surface area (Å²) in [5.41, 5.74) is 13.9. The van der Waals surface area contributed by atoms with Gasteiger partial charge in [0.05, 0.1) is 5.69 Å². The van der Waals surface area contributed by atoms with Gasteiger partial charge in [-0.05, 0) is 59.0 Å². The van der Waals surface area contributed by atoms with E-state index < -0.39 is 0 Å². The Morgan fingerprint density at radius 1 is 0.600 bits per heavy atom.